The van der Waals surface area contributed by atoms with Crippen LogP contribution in [0.1, 0.15) is 84.6 Å². The fourth-order valence-electron chi connectivity index (χ4n) is 4.41. The molecule has 29 heavy (non-hydrogen) atoms. The van der Waals surface area contributed by atoms with Gasteiger partial charge in [0, 0.05) is 0 Å². The van der Waals surface area contributed by atoms with Gasteiger partial charge in [-0.2, -0.15) is 0 Å². The van der Waals surface area contributed by atoms with Gasteiger partial charge in [-0.1, -0.05) is 0 Å². The van der Waals surface area contributed by atoms with Gasteiger partial charge in [0.15, 0.2) is 0 Å². The van der Waals surface area contributed by atoms with Gasteiger partial charge in [-0.15, -0.1) is 0 Å². The van der Waals surface area contributed by atoms with E-state index in [0.29, 0.717) is 5.92 Å². The van der Waals surface area contributed by atoms with Gasteiger partial charge in [0.1, 0.15) is 0 Å². The standard InChI is InChI=1S/C15H21O.3C4H9.Sn/c1-13(2)14(3)8-7-11-16-12-15-9-5-4-6-10-15;3*1-3-4-2;/h4-6,9-10,14H,1-2,7-8,11-12H2,3H3;3*1,3-4H2,2H3;/t14-;;;;/m0..../s1. The van der Waals surface area contributed by atoms with Gasteiger partial charge in [-0.25, -0.2) is 0 Å². The summed E-state index contributed by atoms with van der Waals surface area (Å²) in [5, 5.41) is 0. The van der Waals surface area contributed by atoms with Gasteiger partial charge < -0.3 is 0 Å². The van der Waals surface area contributed by atoms with E-state index < -0.39 is 18.4 Å². The normalized spacial score (nSPS) is 12.8. The molecule has 0 saturated heterocycles. The quantitative estimate of drug-likeness (QED) is 0.109. The van der Waals surface area contributed by atoms with E-state index in [1.165, 1.54) is 54.9 Å². The number of allylic oxidation sites excluding steroid dienone is 1. The molecule has 0 aliphatic rings. The number of hydrogen-bond donors (Lipinski definition) is 0. The minimum absolute atomic E-state index is 0.649. The number of hydrogen-bond acceptors (Lipinski definition) is 1. The summed E-state index contributed by atoms with van der Waals surface area (Å²) in [6.07, 6.45) is 10.8. The molecule has 166 valence electrons. The molecule has 1 rings (SSSR count). The van der Waals surface area contributed by atoms with E-state index in [4.69, 9.17) is 4.74 Å². The molecule has 1 aromatic carbocycles. The van der Waals surface area contributed by atoms with Gasteiger partial charge in [-0.3, -0.25) is 0 Å². The Morgan fingerprint density at radius 3 is 1.97 bits per heavy atom. The van der Waals surface area contributed by atoms with E-state index in [1.54, 1.807) is 18.9 Å². The third-order valence-electron chi connectivity index (χ3n) is 6.52. The van der Waals surface area contributed by atoms with Crippen LogP contribution in [0.5, 0.6) is 0 Å². The maximum absolute atomic E-state index is 5.89. The zero-order chi connectivity index (χ0) is 21.4. The molecule has 0 unspecified atom stereocenters. The second-order valence-electron chi connectivity index (χ2n) is 9.23. The number of unbranched alkanes of at least 4 members (excludes halogenated alkanes) is 3. The van der Waals surface area contributed by atoms with Crippen LogP contribution in [0.15, 0.2) is 42.5 Å². The average molecular weight is 507 g/mol. The molecule has 0 fully saturated rings. The maximum atomic E-state index is 5.89. The topological polar surface area (TPSA) is 9.23 Å². The first-order valence-electron chi connectivity index (χ1n) is 12.4. The van der Waals surface area contributed by atoms with Crippen molar-refractivity contribution >= 4 is 18.4 Å². The van der Waals surface area contributed by atoms with Crippen LogP contribution in [0.25, 0.3) is 0 Å². The molecule has 1 nitrogen and oxygen atoms in total. The molecule has 0 aromatic heterocycles. The van der Waals surface area contributed by atoms with Crippen LogP contribution < -0.4 is 0 Å². The zero-order valence-corrected chi connectivity index (χ0v) is 22.8. The summed E-state index contributed by atoms with van der Waals surface area (Å²) in [6, 6.07) is 10.5. The number of ether oxygens (including phenoxy) is 1. The van der Waals surface area contributed by atoms with Crippen molar-refractivity contribution in [2.75, 3.05) is 6.61 Å². The Morgan fingerprint density at radius 2 is 1.45 bits per heavy atom. The van der Waals surface area contributed by atoms with Crippen molar-refractivity contribution in [1.82, 2.24) is 0 Å². The molecule has 1 aromatic rings. The Kier molecular flexibility index (Phi) is 15.1. The summed E-state index contributed by atoms with van der Waals surface area (Å²) in [4.78, 5) is 0. The number of rotatable bonds is 18. The monoisotopic (exact) mass is 508 g/mol. The van der Waals surface area contributed by atoms with Crippen molar-refractivity contribution in [3.63, 3.8) is 0 Å². The van der Waals surface area contributed by atoms with Crippen molar-refractivity contribution in [2.24, 2.45) is 5.92 Å². The Bertz CT molecular complexity index is 503. The molecule has 0 bridgehead atoms. The van der Waals surface area contributed by atoms with Crippen LogP contribution in [-0.4, -0.2) is 25.0 Å². The van der Waals surface area contributed by atoms with E-state index >= 15 is 0 Å². The Morgan fingerprint density at radius 1 is 0.897 bits per heavy atom. The first kappa shape index (κ1) is 26.8. The van der Waals surface area contributed by atoms with E-state index in [0.717, 1.165) is 19.6 Å². The minimum atomic E-state index is -2.09. The van der Waals surface area contributed by atoms with Gasteiger partial charge >= 0.3 is 187 Å². The second-order valence-corrected chi connectivity index (χ2v) is 23.1. The van der Waals surface area contributed by atoms with Crippen molar-refractivity contribution in [3.8, 4) is 0 Å². The predicted molar refractivity (Wildman–Crippen MR) is 133 cm³/mol. The van der Waals surface area contributed by atoms with Crippen LogP contribution in [0.3, 0.4) is 0 Å². The molecule has 0 aliphatic carbocycles. The van der Waals surface area contributed by atoms with E-state index in [-0.39, 0.29) is 0 Å². The summed E-state index contributed by atoms with van der Waals surface area (Å²) in [5.74, 6) is 0.649. The fraction of sp³-hybridized carbons (Fsp3) is 0.704. The van der Waals surface area contributed by atoms with Crippen LogP contribution in [0.4, 0.5) is 0 Å². The molecular weight excluding hydrogens is 459 g/mol. The molecule has 0 saturated carbocycles. The average Bonchev–Trinajstić information content (AvgIpc) is 2.75. The van der Waals surface area contributed by atoms with Crippen molar-refractivity contribution in [3.05, 3.63) is 48.0 Å². The first-order valence-corrected chi connectivity index (χ1v) is 20.4. The summed E-state index contributed by atoms with van der Waals surface area (Å²) in [7, 11) is 0. The fourth-order valence-corrected chi connectivity index (χ4v) is 21.3. The summed E-state index contributed by atoms with van der Waals surface area (Å²) < 4.78 is 12.1. The zero-order valence-electron chi connectivity index (χ0n) is 20.0. The van der Waals surface area contributed by atoms with Gasteiger partial charge in [-0.05, 0) is 0 Å². The summed E-state index contributed by atoms with van der Waals surface area (Å²) in [5.41, 5.74) is 2.85. The molecule has 0 N–H and O–H groups in total. The molecule has 0 heterocycles. The second kappa shape index (κ2) is 16.4. The van der Waals surface area contributed by atoms with Crippen molar-refractivity contribution < 1.29 is 4.74 Å². The van der Waals surface area contributed by atoms with Gasteiger partial charge in [0.25, 0.3) is 0 Å². The Labute approximate surface area is 186 Å². The molecule has 1 atom stereocenters. The first-order chi connectivity index (χ1) is 14.1. The van der Waals surface area contributed by atoms with E-state index in [1.807, 2.05) is 0 Å². The van der Waals surface area contributed by atoms with Crippen LogP contribution in [0, 0.1) is 5.92 Å². The third-order valence-corrected chi connectivity index (χ3v) is 22.1. The number of benzene rings is 1. The Hall–Kier alpha value is -0.281. The SMILES string of the molecule is C=C([CH2][Sn]([CH2]CCC)([CH2]CCC)[CH2]CCC)[C@@H](C)CCCOCc1ccccc1. The van der Waals surface area contributed by atoms with Gasteiger partial charge in [0.05, 0.1) is 0 Å². The van der Waals surface area contributed by atoms with E-state index in [2.05, 4.69) is 64.6 Å². The summed E-state index contributed by atoms with van der Waals surface area (Å²) in [6.45, 7) is 15.7. The van der Waals surface area contributed by atoms with Crippen LogP contribution in [0.2, 0.25) is 17.7 Å². The predicted octanol–water partition coefficient (Wildman–Crippen LogP) is 9.02. The summed E-state index contributed by atoms with van der Waals surface area (Å²) >= 11 is -2.09. The molecule has 0 aliphatic heterocycles. The molecule has 2 heteroatoms. The molecule has 0 spiro atoms. The van der Waals surface area contributed by atoms with Crippen molar-refractivity contribution in [2.45, 2.75) is 103 Å². The molecule has 0 radical (unpaired) electrons. The van der Waals surface area contributed by atoms with Crippen LogP contribution >= 0.6 is 0 Å². The van der Waals surface area contributed by atoms with Crippen LogP contribution in [-0.2, 0) is 11.3 Å². The third kappa shape index (κ3) is 11.6. The van der Waals surface area contributed by atoms with Gasteiger partial charge in [0.2, 0.25) is 0 Å². The van der Waals surface area contributed by atoms with Crippen molar-refractivity contribution in [1.29, 1.82) is 0 Å². The Balaban J connectivity index is 2.48. The molecule has 0 amide bonds. The van der Waals surface area contributed by atoms with E-state index in [9.17, 15) is 0 Å². The molecular formula is C27H48OSn.